The Morgan fingerprint density at radius 3 is 1.56 bits per heavy atom. The van der Waals surface area contributed by atoms with Gasteiger partial charge in [-0.05, 0) is 12.8 Å². The number of aliphatic hydroxyl groups excluding tert-OH is 2. The van der Waals surface area contributed by atoms with Crippen molar-refractivity contribution < 1.29 is 51.1 Å². The summed E-state index contributed by atoms with van der Waals surface area (Å²) in [5.41, 5.74) is 0. The van der Waals surface area contributed by atoms with E-state index in [9.17, 15) is 0 Å². The van der Waals surface area contributed by atoms with E-state index in [1.165, 1.54) is 12.8 Å². The minimum absolute atomic E-state index is 0. The van der Waals surface area contributed by atoms with Crippen LogP contribution in [0.25, 0.3) is 0 Å². The first kappa shape index (κ1) is 23.8. The van der Waals surface area contributed by atoms with Gasteiger partial charge in [0.1, 0.15) is 0 Å². The monoisotopic (exact) mass is 383 g/mol. The van der Waals surface area contributed by atoms with Gasteiger partial charge in [-0.1, -0.05) is 39.5 Å². The Morgan fingerprint density at radius 2 is 1.44 bits per heavy atom. The van der Waals surface area contributed by atoms with Crippen LogP contribution < -0.4 is 0 Å². The number of hydrogen-bond acceptors (Lipinski definition) is 2. The van der Waals surface area contributed by atoms with Crippen molar-refractivity contribution in [1.29, 1.82) is 0 Å². The molecule has 3 heteroatoms. The second-order valence-corrected chi connectivity index (χ2v) is 3.86. The van der Waals surface area contributed by atoms with E-state index in [0.717, 1.165) is 32.1 Å². The van der Waals surface area contributed by atoms with Gasteiger partial charge in [-0.25, -0.2) is 12.2 Å². The maximum atomic E-state index is 8.20. The van der Waals surface area contributed by atoms with Crippen LogP contribution in [-0.4, -0.2) is 23.4 Å². The fraction of sp³-hybridized carbons (Fsp3) is 0.733. The topological polar surface area (TPSA) is 40.5 Å². The van der Waals surface area contributed by atoms with Gasteiger partial charge in [-0.15, -0.1) is 6.42 Å². The molecule has 1 aliphatic rings. The van der Waals surface area contributed by atoms with Gasteiger partial charge >= 0.3 is 0 Å². The summed E-state index contributed by atoms with van der Waals surface area (Å²) in [4.78, 5) is 0. The van der Waals surface area contributed by atoms with E-state index in [1.807, 2.05) is 12.2 Å². The van der Waals surface area contributed by atoms with Crippen LogP contribution in [0.4, 0.5) is 0 Å². The SMILES string of the molecule is CCCCCO.CCCCCO.[C-]1=CC=CC1.[Nd]. The van der Waals surface area contributed by atoms with Crippen LogP contribution in [0.3, 0.4) is 0 Å². The summed E-state index contributed by atoms with van der Waals surface area (Å²) in [7, 11) is 0. The van der Waals surface area contributed by atoms with Gasteiger partial charge in [0.2, 0.25) is 0 Å². The van der Waals surface area contributed by atoms with Crippen LogP contribution in [0, 0.1) is 46.9 Å². The number of allylic oxidation sites excluding steroid dienone is 4. The van der Waals surface area contributed by atoms with E-state index in [2.05, 4.69) is 26.0 Å². The van der Waals surface area contributed by atoms with Crippen molar-refractivity contribution in [3.8, 4) is 0 Å². The average Bonchev–Trinajstić information content (AvgIpc) is 2.93. The van der Waals surface area contributed by atoms with Crippen molar-refractivity contribution in [3.05, 3.63) is 24.3 Å². The summed E-state index contributed by atoms with van der Waals surface area (Å²) in [6.45, 7) is 4.95. The third-order valence-electron chi connectivity index (χ3n) is 2.11. The zero-order chi connectivity index (χ0) is 13.2. The molecule has 1 aliphatic carbocycles. The largest absolute Gasteiger partial charge is 0.396 e. The first-order valence-electron chi connectivity index (χ1n) is 6.76. The molecule has 18 heavy (non-hydrogen) atoms. The molecule has 0 spiro atoms. The van der Waals surface area contributed by atoms with Crippen LogP contribution >= 0.6 is 0 Å². The van der Waals surface area contributed by atoms with Gasteiger partial charge in [-0.3, -0.25) is 6.08 Å². The maximum absolute atomic E-state index is 8.20. The van der Waals surface area contributed by atoms with Crippen molar-refractivity contribution in [2.24, 2.45) is 0 Å². The third kappa shape index (κ3) is 30.1. The smallest absolute Gasteiger partial charge is 0.0431 e. The van der Waals surface area contributed by atoms with Crippen LogP contribution in [-0.2, 0) is 0 Å². The van der Waals surface area contributed by atoms with Gasteiger partial charge < -0.3 is 10.2 Å². The molecule has 1 rings (SSSR count). The quantitative estimate of drug-likeness (QED) is 0.541. The van der Waals surface area contributed by atoms with Gasteiger partial charge in [-0.2, -0.15) is 6.08 Å². The molecule has 0 bridgehead atoms. The number of hydrogen-bond donors (Lipinski definition) is 2. The summed E-state index contributed by atoms with van der Waals surface area (Å²) in [6.07, 6.45) is 16.7. The van der Waals surface area contributed by atoms with Gasteiger partial charge in [0, 0.05) is 54.1 Å². The van der Waals surface area contributed by atoms with Gasteiger partial charge in [0.05, 0.1) is 0 Å². The molecule has 0 heterocycles. The van der Waals surface area contributed by atoms with Crippen LogP contribution in [0.2, 0.25) is 0 Å². The molecular weight excluding hydrogens is 356 g/mol. The van der Waals surface area contributed by atoms with Crippen molar-refractivity contribution in [1.82, 2.24) is 0 Å². The molecule has 106 valence electrons. The van der Waals surface area contributed by atoms with Crippen LogP contribution in [0.1, 0.15) is 58.8 Å². The summed E-state index contributed by atoms with van der Waals surface area (Å²) in [5, 5.41) is 16.4. The van der Waals surface area contributed by atoms with E-state index in [-0.39, 0.29) is 40.8 Å². The fourth-order valence-electron chi connectivity index (χ4n) is 1.06. The maximum Gasteiger partial charge on any atom is 0.0431 e. The molecule has 0 aromatic rings. The molecule has 0 unspecified atom stereocenters. The van der Waals surface area contributed by atoms with Crippen molar-refractivity contribution in [2.45, 2.75) is 58.8 Å². The average molecular weight is 386 g/mol. The second kappa shape index (κ2) is 26.3. The standard InChI is InChI=1S/2C5H12O.C5H5.Nd/c2*1-2-3-4-5-6;1-2-4-5-3-1;/h2*6H,2-5H2,1H3;1-3H,4H2;/q;;-1;. The summed E-state index contributed by atoms with van der Waals surface area (Å²) in [5.74, 6) is 0. The van der Waals surface area contributed by atoms with E-state index in [1.54, 1.807) is 0 Å². The Labute approximate surface area is 146 Å². The molecule has 0 radical (unpaired) electrons. The molecular formula is C15H29NdO2-. The molecule has 0 aromatic heterocycles. The first-order valence-corrected chi connectivity index (χ1v) is 6.76. The molecule has 0 aromatic carbocycles. The Hall–Kier alpha value is 0.751. The van der Waals surface area contributed by atoms with E-state index in [0.29, 0.717) is 13.2 Å². The fourth-order valence-corrected chi connectivity index (χ4v) is 1.06. The Bertz CT molecular complexity index is 142. The van der Waals surface area contributed by atoms with E-state index >= 15 is 0 Å². The number of aliphatic hydroxyl groups is 2. The molecule has 2 N–H and O–H groups in total. The third-order valence-corrected chi connectivity index (χ3v) is 2.11. The summed E-state index contributed by atoms with van der Waals surface area (Å²) < 4.78 is 0. The molecule has 0 saturated heterocycles. The molecule has 0 atom stereocenters. The van der Waals surface area contributed by atoms with Gasteiger partial charge in [0.25, 0.3) is 0 Å². The summed E-state index contributed by atoms with van der Waals surface area (Å²) >= 11 is 0. The van der Waals surface area contributed by atoms with Crippen LogP contribution in [0.5, 0.6) is 0 Å². The second-order valence-electron chi connectivity index (χ2n) is 3.86. The van der Waals surface area contributed by atoms with E-state index in [4.69, 9.17) is 10.2 Å². The van der Waals surface area contributed by atoms with Crippen LogP contribution in [0.15, 0.2) is 18.2 Å². The van der Waals surface area contributed by atoms with Crippen molar-refractivity contribution in [2.75, 3.05) is 13.2 Å². The van der Waals surface area contributed by atoms with Crippen molar-refractivity contribution in [3.63, 3.8) is 0 Å². The van der Waals surface area contributed by atoms with Crippen molar-refractivity contribution >= 4 is 0 Å². The van der Waals surface area contributed by atoms with E-state index < -0.39 is 0 Å². The molecule has 0 saturated carbocycles. The predicted molar refractivity (Wildman–Crippen MR) is 74.8 cm³/mol. The Balaban J connectivity index is -0.000000183. The molecule has 0 amide bonds. The number of rotatable bonds is 6. The minimum Gasteiger partial charge on any atom is -0.396 e. The minimum atomic E-state index is 0. The molecule has 0 fully saturated rings. The number of unbranched alkanes of at least 4 members (excludes halogenated alkanes) is 4. The predicted octanol–water partition coefficient (Wildman–Crippen LogP) is 3.64. The Morgan fingerprint density at radius 1 is 0.944 bits per heavy atom. The molecule has 0 aliphatic heterocycles. The normalized spacial score (nSPS) is 10.9. The Kier molecular flexibility index (Phi) is 34.9. The summed E-state index contributed by atoms with van der Waals surface area (Å²) in [6, 6.07) is 0. The molecule has 2 nitrogen and oxygen atoms in total. The first-order chi connectivity index (χ1) is 8.33. The zero-order valence-electron chi connectivity index (χ0n) is 12.0. The zero-order valence-corrected chi connectivity index (χ0v) is 15.2. The van der Waals surface area contributed by atoms with Gasteiger partial charge in [0.15, 0.2) is 0 Å².